The predicted octanol–water partition coefficient (Wildman–Crippen LogP) is 1.78. The zero-order valence-corrected chi connectivity index (χ0v) is 9.05. The van der Waals surface area contributed by atoms with E-state index in [-0.39, 0.29) is 15.8 Å². The van der Waals surface area contributed by atoms with Crippen molar-refractivity contribution < 1.29 is 8.42 Å². The monoisotopic (exact) mass is 237 g/mol. The molecule has 1 heterocycles. The maximum absolute atomic E-state index is 11.4. The minimum Gasteiger partial charge on any atom is -0.206 e. The first-order valence-corrected chi connectivity index (χ1v) is 6.13. The van der Waals surface area contributed by atoms with Crippen molar-refractivity contribution in [1.29, 1.82) is 0 Å². The topological polar surface area (TPSA) is 46.2 Å². The Bertz CT molecular complexity index is 383. The first-order chi connectivity index (χ1) is 6.02. The minimum atomic E-state index is -3.39. The van der Waals surface area contributed by atoms with Gasteiger partial charge in [-0.3, -0.25) is 0 Å². The SMILES string of the molecule is C=C(Cl)CNS(=O)(=O)c1cccs1. The van der Waals surface area contributed by atoms with Gasteiger partial charge in [0.2, 0.25) is 10.0 Å². The molecule has 1 aromatic heterocycles. The van der Waals surface area contributed by atoms with Crippen LogP contribution in [0.3, 0.4) is 0 Å². The third-order valence-corrected chi connectivity index (χ3v) is 4.15. The largest absolute Gasteiger partial charge is 0.250 e. The van der Waals surface area contributed by atoms with Crippen molar-refractivity contribution >= 4 is 33.0 Å². The Morgan fingerprint density at radius 2 is 2.38 bits per heavy atom. The second kappa shape index (κ2) is 4.23. The molecule has 13 heavy (non-hydrogen) atoms. The third kappa shape index (κ3) is 3.11. The summed E-state index contributed by atoms with van der Waals surface area (Å²) < 4.78 is 25.4. The molecule has 6 heteroatoms. The maximum atomic E-state index is 11.4. The van der Waals surface area contributed by atoms with Gasteiger partial charge in [0.1, 0.15) is 4.21 Å². The highest BCUT2D eigenvalue weighted by atomic mass is 35.5. The van der Waals surface area contributed by atoms with Crippen molar-refractivity contribution in [2.24, 2.45) is 0 Å². The van der Waals surface area contributed by atoms with Gasteiger partial charge in [0.05, 0.1) is 0 Å². The summed E-state index contributed by atoms with van der Waals surface area (Å²) in [5.41, 5.74) is 0. The molecule has 0 aromatic carbocycles. The molecule has 0 bridgehead atoms. The fourth-order valence-electron chi connectivity index (χ4n) is 0.661. The molecule has 0 aliphatic carbocycles. The number of sulfonamides is 1. The van der Waals surface area contributed by atoms with Crippen LogP contribution in [0.15, 0.2) is 33.3 Å². The molecule has 1 aromatic rings. The second-order valence-corrected chi connectivity index (χ2v) is 5.75. The number of nitrogens with one attached hydrogen (secondary N) is 1. The van der Waals surface area contributed by atoms with E-state index in [9.17, 15) is 8.42 Å². The average molecular weight is 238 g/mol. The van der Waals surface area contributed by atoms with Crippen LogP contribution in [0.5, 0.6) is 0 Å². The average Bonchev–Trinajstić information content (AvgIpc) is 2.53. The van der Waals surface area contributed by atoms with Crippen LogP contribution < -0.4 is 4.72 Å². The summed E-state index contributed by atoms with van der Waals surface area (Å²) >= 11 is 6.59. The third-order valence-electron chi connectivity index (χ3n) is 1.21. The summed E-state index contributed by atoms with van der Waals surface area (Å²) in [6.45, 7) is 3.44. The lowest BCUT2D eigenvalue weighted by molar-refractivity contribution is 0.587. The highest BCUT2D eigenvalue weighted by Gasteiger charge is 2.13. The standard InChI is InChI=1S/C7H8ClNO2S2/c1-6(8)5-9-13(10,11)7-3-2-4-12-7/h2-4,9H,1,5H2. The first kappa shape index (κ1) is 10.7. The summed E-state index contributed by atoms with van der Waals surface area (Å²) in [4.78, 5) is 0. The quantitative estimate of drug-likeness (QED) is 0.868. The molecule has 0 fully saturated rings. The van der Waals surface area contributed by atoms with Crippen LogP contribution in [0.4, 0.5) is 0 Å². The Labute approximate surface area is 86.1 Å². The number of hydrogen-bond donors (Lipinski definition) is 1. The summed E-state index contributed by atoms with van der Waals surface area (Å²) in [6, 6.07) is 3.21. The van der Waals surface area contributed by atoms with E-state index in [4.69, 9.17) is 11.6 Å². The molecule has 1 rings (SSSR count). The molecule has 0 atom stereocenters. The Morgan fingerprint density at radius 1 is 1.69 bits per heavy atom. The van der Waals surface area contributed by atoms with Gasteiger partial charge < -0.3 is 0 Å². The van der Waals surface area contributed by atoms with E-state index < -0.39 is 10.0 Å². The normalized spacial score (nSPS) is 11.5. The molecule has 0 aliphatic heterocycles. The highest BCUT2D eigenvalue weighted by molar-refractivity contribution is 7.91. The Kier molecular flexibility index (Phi) is 3.49. The van der Waals surface area contributed by atoms with Gasteiger partial charge in [-0.1, -0.05) is 24.2 Å². The second-order valence-electron chi connectivity index (χ2n) is 2.27. The number of hydrogen-bond acceptors (Lipinski definition) is 3. The van der Waals surface area contributed by atoms with Crippen molar-refractivity contribution in [3.63, 3.8) is 0 Å². The van der Waals surface area contributed by atoms with Crippen LogP contribution in [-0.4, -0.2) is 15.0 Å². The molecule has 3 nitrogen and oxygen atoms in total. The zero-order valence-electron chi connectivity index (χ0n) is 6.66. The fourth-order valence-corrected chi connectivity index (χ4v) is 2.87. The zero-order chi connectivity index (χ0) is 9.90. The maximum Gasteiger partial charge on any atom is 0.250 e. The van der Waals surface area contributed by atoms with Crippen LogP contribution in [0, 0.1) is 0 Å². The summed E-state index contributed by atoms with van der Waals surface area (Å²) in [6.07, 6.45) is 0. The molecule has 1 N–H and O–H groups in total. The van der Waals surface area contributed by atoms with Crippen LogP contribution in [0.25, 0.3) is 0 Å². The fraction of sp³-hybridized carbons (Fsp3) is 0.143. The van der Waals surface area contributed by atoms with E-state index in [1.165, 1.54) is 6.07 Å². The van der Waals surface area contributed by atoms with E-state index in [2.05, 4.69) is 11.3 Å². The van der Waals surface area contributed by atoms with Crippen LogP contribution in [0.2, 0.25) is 0 Å². The van der Waals surface area contributed by atoms with Gasteiger partial charge in [0, 0.05) is 11.6 Å². The van der Waals surface area contributed by atoms with E-state index >= 15 is 0 Å². The van der Waals surface area contributed by atoms with Crippen molar-refractivity contribution in [1.82, 2.24) is 4.72 Å². The number of thiophene rings is 1. The lowest BCUT2D eigenvalue weighted by atomic mass is 10.7. The molecule has 0 radical (unpaired) electrons. The van der Waals surface area contributed by atoms with Gasteiger partial charge in [-0.2, -0.15) is 0 Å². The Morgan fingerprint density at radius 3 is 2.85 bits per heavy atom. The van der Waals surface area contributed by atoms with Gasteiger partial charge in [-0.05, 0) is 11.4 Å². The van der Waals surface area contributed by atoms with Crippen molar-refractivity contribution in [2.45, 2.75) is 4.21 Å². The van der Waals surface area contributed by atoms with Crippen LogP contribution >= 0.6 is 22.9 Å². The lowest BCUT2D eigenvalue weighted by Gasteiger charge is -2.01. The summed E-state index contributed by atoms with van der Waals surface area (Å²) in [5, 5.41) is 1.96. The van der Waals surface area contributed by atoms with E-state index in [0.717, 1.165) is 11.3 Å². The molecule has 0 saturated heterocycles. The van der Waals surface area contributed by atoms with E-state index in [1.807, 2.05) is 0 Å². The molecule has 0 unspecified atom stereocenters. The summed E-state index contributed by atoms with van der Waals surface area (Å²) in [5.74, 6) is 0. The van der Waals surface area contributed by atoms with Crippen LogP contribution in [-0.2, 0) is 10.0 Å². The van der Waals surface area contributed by atoms with Crippen molar-refractivity contribution in [3.8, 4) is 0 Å². The van der Waals surface area contributed by atoms with Gasteiger partial charge in [-0.15, -0.1) is 11.3 Å². The predicted molar refractivity (Wildman–Crippen MR) is 54.5 cm³/mol. The van der Waals surface area contributed by atoms with Gasteiger partial charge in [0.15, 0.2) is 0 Å². The van der Waals surface area contributed by atoms with Crippen LogP contribution in [0.1, 0.15) is 0 Å². The Hall–Kier alpha value is -0.360. The highest BCUT2D eigenvalue weighted by Crippen LogP contribution is 2.15. The number of halogens is 1. The molecular weight excluding hydrogens is 230 g/mol. The first-order valence-electron chi connectivity index (χ1n) is 3.39. The number of rotatable bonds is 4. The van der Waals surface area contributed by atoms with E-state index in [1.54, 1.807) is 11.4 Å². The smallest absolute Gasteiger partial charge is 0.206 e. The molecule has 0 amide bonds. The summed E-state index contributed by atoms with van der Waals surface area (Å²) in [7, 11) is -3.39. The molecule has 0 saturated carbocycles. The molecular formula is C7H8ClNO2S2. The molecule has 72 valence electrons. The Balaban J connectivity index is 2.74. The van der Waals surface area contributed by atoms with Crippen molar-refractivity contribution in [2.75, 3.05) is 6.54 Å². The van der Waals surface area contributed by atoms with Gasteiger partial charge in [0.25, 0.3) is 0 Å². The molecule has 0 aliphatic rings. The minimum absolute atomic E-state index is 0.0573. The van der Waals surface area contributed by atoms with Crippen molar-refractivity contribution in [3.05, 3.63) is 29.1 Å². The van der Waals surface area contributed by atoms with E-state index in [0.29, 0.717) is 0 Å². The van der Waals surface area contributed by atoms with Gasteiger partial charge >= 0.3 is 0 Å². The lowest BCUT2D eigenvalue weighted by Crippen LogP contribution is -2.23. The molecule has 0 spiro atoms. The van der Waals surface area contributed by atoms with Gasteiger partial charge in [-0.25, -0.2) is 13.1 Å².